The molecule has 1 nitrogen and oxygen atoms in total. The molecule has 0 aliphatic rings. The van der Waals surface area contributed by atoms with E-state index in [9.17, 15) is 0 Å². The van der Waals surface area contributed by atoms with Crippen LogP contribution in [0.5, 0.6) is 0 Å². The van der Waals surface area contributed by atoms with E-state index >= 15 is 0 Å². The molecule has 0 aromatic rings. The largest absolute Gasteiger partial charge is 0.316 e. The second-order valence-corrected chi connectivity index (χ2v) is 4.44. The van der Waals surface area contributed by atoms with Crippen LogP contribution in [0, 0.1) is 5.41 Å². The average molecular weight is 187 g/mol. The number of nitrogens with one attached hydrogen (secondary N) is 1. The molecule has 0 spiro atoms. The Labute approximate surface area is 85.3 Å². The van der Waals surface area contributed by atoms with Gasteiger partial charge in [0.1, 0.15) is 0 Å². The highest BCUT2D eigenvalue weighted by molar-refractivity contribution is 4.64. The van der Waals surface area contributed by atoms with Crippen LogP contribution in [0.4, 0.5) is 0 Å². The first-order valence-electron chi connectivity index (χ1n) is 5.77. The molecule has 82 valence electrons. The SMILES string of the molecule is CC.CCCCCNCC(C)(C)C. The molecule has 0 aromatic heterocycles. The molecule has 0 atom stereocenters. The van der Waals surface area contributed by atoms with Crippen LogP contribution in [-0.2, 0) is 0 Å². The van der Waals surface area contributed by atoms with E-state index in [2.05, 4.69) is 33.0 Å². The first-order chi connectivity index (χ1) is 6.06. The summed E-state index contributed by atoms with van der Waals surface area (Å²) in [4.78, 5) is 0. The molecular weight excluding hydrogens is 158 g/mol. The lowest BCUT2D eigenvalue weighted by molar-refractivity contribution is 0.378. The van der Waals surface area contributed by atoms with Crippen LogP contribution < -0.4 is 5.32 Å². The highest BCUT2D eigenvalue weighted by Gasteiger charge is 2.07. The zero-order chi connectivity index (χ0) is 10.7. The zero-order valence-electron chi connectivity index (χ0n) is 10.5. The second-order valence-electron chi connectivity index (χ2n) is 4.44. The standard InChI is InChI=1S/C10H23N.C2H6/c1-5-6-7-8-11-9-10(2,3)4;1-2/h11H,5-9H2,1-4H3;1-2H3. The number of hydrogen-bond acceptors (Lipinski definition) is 1. The van der Waals surface area contributed by atoms with Gasteiger partial charge in [0.25, 0.3) is 0 Å². The number of hydrogen-bond donors (Lipinski definition) is 1. The topological polar surface area (TPSA) is 12.0 Å². The fraction of sp³-hybridized carbons (Fsp3) is 1.00. The minimum Gasteiger partial charge on any atom is -0.316 e. The average Bonchev–Trinajstić information content (AvgIpc) is 2.06. The lowest BCUT2D eigenvalue weighted by Crippen LogP contribution is -2.27. The molecule has 13 heavy (non-hydrogen) atoms. The normalized spacial score (nSPS) is 10.6. The maximum absolute atomic E-state index is 3.46. The van der Waals surface area contributed by atoms with Crippen molar-refractivity contribution in [2.45, 2.75) is 60.8 Å². The molecule has 0 aromatic carbocycles. The first kappa shape index (κ1) is 15.4. The third kappa shape index (κ3) is 18.7. The molecule has 0 aliphatic carbocycles. The zero-order valence-corrected chi connectivity index (χ0v) is 10.5. The van der Waals surface area contributed by atoms with Crippen LogP contribution in [0.25, 0.3) is 0 Å². The number of rotatable bonds is 5. The van der Waals surface area contributed by atoms with Gasteiger partial charge < -0.3 is 5.32 Å². The minimum absolute atomic E-state index is 0.437. The molecule has 0 radical (unpaired) electrons. The van der Waals surface area contributed by atoms with Crippen molar-refractivity contribution in [1.29, 1.82) is 0 Å². The smallest absolute Gasteiger partial charge is 0.0000126 e. The highest BCUT2D eigenvalue weighted by Crippen LogP contribution is 2.10. The van der Waals surface area contributed by atoms with E-state index in [4.69, 9.17) is 0 Å². The Morgan fingerprint density at radius 1 is 1.00 bits per heavy atom. The van der Waals surface area contributed by atoms with Gasteiger partial charge in [-0.05, 0) is 24.9 Å². The van der Waals surface area contributed by atoms with Gasteiger partial charge in [-0.2, -0.15) is 0 Å². The van der Waals surface area contributed by atoms with E-state index < -0.39 is 0 Å². The van der Waals surface area contributed by atoms with Crippen LogP contribution in [0.3, 0.4) is 0 Å². The van der Waals surface area contributed by atoms with Crippen LogP contribution in [0.15, 0.2) is 0 Å². The fourth-order valence-corrected chi connectivity index (χ4v) is 0.963. The van der Waals surface area contributed by atoms with Crippen molar-refractivity contribution >= 4 is 0 Å². The summed E-state index contributed by atoms with van der Waals surface area (Å²) in [7, 11) is 0. The molecule has 0 aliphatic heterocycles. The van der Waals surface area contributed by atoms with Crippen molar-refractivity contribution in [3.63, 3.8) is 0 Å². The van der Waals surface area contributed by atoms with E-state index in [0.717, 1.165) is 6.54 Å². The summed E-state index contributed by atoms with van der Waals surface area (Å²) in [6.07, 6.45) is 4.00. The second kappa shape index (κ2) is 10.0. The molecule has 1 heteroatoms. The van der Waals surface area contributed by atoms with Crippen molar-refractivity contribution in [3.05, 3.63) is 0 Å². The van der Waals surface area contributed by atoms with Gasteiger partial charge >= 0.3 is 0 Å². The van der Waals surface area contributed by atoms with Gasteiger partial charge in [-0.1, -0.05) is 54.4 Å². The lowest BCUT2D eigenvalue weighted by Gasteiger charge is -2.18. The Balaban J connectivity index is 0. The van der Waals surface area contributed by atoms with Gasteiger partial charge in [0.05, 0.1) is 0 Å². The monoisotopic (exact) mass is 187 g/mol. The van der Waals surface area contributed by atoms with Gasteiger partial charge in [0.15, 0.2) is 0 Å². The summed E-state index contributed by atoms with van der Waals surface area (Å²) in [6, 6.07) is 0. The molecule has 0 fully saturated rings. The predicted molar refractivity (Wildman–Crippen MR) is 63.2 cm³/mol. The fourth-order valence-electron chi connectivity index (χ4n) is 0.963. The first-order valence-corrected chi connectivity index (χ1v) is 5.77. The molecule has 0 saturated carbocycles. The highest BCUT2D eigenvalue weighted by atomic mass is 14.9. The lowest BCUT2D eigenvalue weighted by atomic mass is 9.97. The third-order valence-electron chi connectivity index (χ3n) is 1.61. The maximum Gasteiger partial charge on any atom is -0.0000126 e. The van der Waals surface area contributed by atoms with Gasteiger partial charge in [0.2, 0.25) is 0 Å². The summed E-state index contributed by atoms with van der Waals surface area (Å²) in [6.45, 7) is 15.4. The van der Waals surface area contributed by atoms with E-state index in [1.807, 2.05) is 13.8 Å². The summed E-state index contributed by atoms with van der Waals surface area (Å²) in [5.74, 6) is 0. The van der Waals surface area contributed by atoms with Crippen LogP contribution in [0.1, 0.15) is 60.8 Å². The molecule has 0 rings (SSSR count). The predicted octanol–water partition coefficient (Wildman–Crippen LogP) is 3.84. The van der Waals surface area contributed by atoms with Gasteiger partial charge in [0, 0.05) is 0 Å². The van der Waals surface area contributed by atoms with Crippen LogP contribution in [0.2, 0.25) is 0 Å². The quantitative estimate of drug-likeness (QED) is 0.645. The summed E-state index contributed by atoms with van der Waals surface area (Å²) in [5.41, 5.74) is 0.437. The number of unbranched alkanes of at least 4 members (excludes halogenated alkanes) is 2. The summed E-state index contributed by atoms with van der Waals surface area (Å²) < 4.78 is 0. The summed E-state index contributed by atoms with van der Waals surface area (Å²) in [5, 5.41) is 3.46. The molecule has 0 amide bonds. The van der Waals surface area contributed by atoms with Crippen molar-refractivity contribution in [3.8, 4) is 0 Å². The molecule has 0 saturated heterocycles. The Bertz CT molecular complexity index is 81.6. The molecule has 0 heterocycles. The van der Waals surface area contributed by atoms with Crippen molar-refractivity contribution in [2.75, 3.05) is 13.1 Å². The van der Waals surface area contributed by atoms with Crippen molar-refractivity contribution in [1.82, 2.24) is 5.32 Å². The Kier molecular flexibility index (Phi) is 11.9. The van der Waals surface area contributed by atoms with E-state index in [-0.39, 0.29) is 0 Å². The maximum atomic E-state index is 3.46. The van der Waals surface area contributed by atoms with Crippen molar-refractivity contribution < 1.29 is 0 Å². The molecule has 0 bridgehead atoms. The minimum atomic E-state index is 0.437. The molecular formula is C12H29N. The Morgan fingerprint density at radius 3 is 1.92 bits per heavy atom. The van der Waals surface area contributed by atoms with E-state index in [1.54, 1.807) is 0 Å². The van der Waals surface area contributed by atoms with E-state index in [0.29, 0.717) is 5.41 Å². The van der Waals surface area contributed by atoms with Crippen LogP contribution >= 0.6 is 0 Å². The third-order valence-corrected chi connectivity index (χ3v) is 1.61. The summed E-state index contributed by atoms with van der Waals surface area (Å²) >= 11 is 0. The van der Waals surface area contributed by atoms with Gasteiger partial charge in [-0.25, -0.2) is 0 Å². The Hall–Kier alpha value is -0.0400. The van der Waals surface area contributed by atoms with Gasteiger partial charge in [-0.15, -0.1) is 0 Å². The van der Waals surface area contributed by atoms with Crippen LogP contribution in [-0.4, -0.2) is 13.1 Å². The van der Waals surface area contributed by atoms with E-state index in [1.165, 1.54) is 25.8 Å². The van der Waals surface area contributed by atoms with Gasteiger partial charge in [-0.3, -0.25) is 0 Å². The molecule has 1 N–H and O–H groups in total. The van der Waals surface area contributed by atoms with Crippen molar-refractivity contribution in [2.24, 2.45) is 5.41 Å². The Morgan fingerprint density at radius 2 is 1.54 bits per heavy atom. The molecule has 0 unspecified atom stereocenters.